The quantitative estimate of drug-likeness (QED) is 0.740. The number of nitrogens with one attached hydrogen (secondary N) is 1. The fourth-order valence-electron chi connectivity index (χ4n) is 4.23. The standard InChI is InChI=1S/C19H20ClN5O/c20-15-5-6-16-14(9-15)10-21-11-17-23-24-18(25(16)17)12-1-3-13(4-2-12)19-22-7-8-26-19/h5-9,12-13,21H,1-4,10-11H2/t12-,13-. The molecule has 0 saturated heterocycles. The number of benzene rings is 1. The molecule has 2 aliphatic rings. The van der Waals surface area contributed by atoms with Gasteiger partial charge in [0.1, 0.15) is 12.1 Å². The van der Waals surface area contributed by atoms with Gasteiger partial charge in [0.05, 0.1) is 18.4 Å². The lowest BCUT2D eigenvalue weighted by molar-refractivity contribution is 0.331. The number of nitrogens with zero attached hydrogens (tertiary/aromatic N) is 4. The fraction of sp³-hybridized carbons (Fsp3) is 0.421. The SMILES string of the molecule is Clc1ccc2c(c1)CNCc1nnc([C@H]3CC[C@H](c4ncco4)CC3)n1-2. The average molecular weight is 370 g/mol. The summed E-state index contributed by atoms with van der Waals surface area (Å²) < 4.78 is 7.74. The number of halogens is 1. The molecule has 1 aromatic carbocycles. The van der Waals surface area contributed by atoms with E-state index in [0.29, 0.717) is 18.4 Å². The highest BCUT2D eigenvalue weighted by atomic mass is 35.5. The van der Waals surface area contributed by atoms with E-state index < -0.39 is 0 Å². The van der Waals surface area contributed by atoms with Crippen LogP contribution in [0.15, 0.2) is 35.1 Å². The molecule has 134 valence electrons. The van der Waals surface area contributed by atoms with Crippen molar-refractivity contribution in [2.24, 2.45) is 0 Å². The van der Waals surface area contributed by atoms with E-state index in [2.05, 4.69) is 31.1 Å². The Morgan fingerprint density at radius 1 is 1.08 bits per heavy atom. The summed E-state index contributed by atoms with van der Waals surface area (Å²) >= 11 is 6.20. The monoisotopic (exact) mass is 369 g/mol. The second-order valence-corrected chi connectivity index (χ2v) is 7.54. The molecule has 3 aromatic rings. The molecule has 0 radical (unpaired) electrons. The first-order chi connectivity index (χ1) is 12.8. The van der Waals surface area contributed by atoms with Crippen molar-refractivity contribution in [2.75, 3.05) is 0 Å². The van der Waals surface area contributed by atoms with E-state index in [1.54, 1.807) is 12.5 Å². The van der Waals surface area contributed by atoms with Crippen molar-refractivity contribution in [1.29, 1.82) is 0 Å². The Labute approximate surface area is 156 Å². The second kappa shape index (κ2) is 6.52. The lowest BCUT2D eigenvalue weighted by atomic mass is 9.81. The Kier molecular flexibility index (Phi) is 4.02. The van der Waals surface area contributed by atoms with Gasteiger partial charge in [-0.2, -0.15) is 0 Å². The number of hydrogen-bond donors (Lipinski definition) is 1. The van der Waals surface area contributed by atoms with Crippen molar-refractivity contribution < 1.29 is 4.42 Å². The molecule has 5 rings (SSSR count). The molecule has 1 aliphatic carbocycles. The summed E-state index contributed by atoms with van der Waals surface area (Å²) in [6, 6.07) is 6.06. The van der Waals surface area contributed by atoms with Gasteiger partial charge in [-0.05, 0) is 49.4 Å². The first-order valence-electron chi connectivity index (χ1n) is 9.12. The molecule has 1 fully saturated rings. The van der Waals surface area contributed by atoms with Gasteiger partial charge >= 0.3 is 0 Å². The van der Waals surface area contributed by atoms with Crippen molar-refractivity contribution >= 4 is 11.6 Å². The van der Waals surface area contributed by atoms with Crippen LogP contribution < -0.4 is 5.32 Å². The first-order valence-corrected chi connectivity index (χ1v) is 9.50. The van der Waals surface area contributed by atoms with E-state index in [-0.39, 0.29) is 0 Å². The molecule has 1 aliphatic heterocycles. The van der Waals surface area contributed by atoms with Crippen LogP contribution >= 0.6 is 11.6 Å². The van der Waals surface area contributed by atoms with Crippen LogP contribution in [0.3, 0.4) is 0 Å². The minimum Gasteiger partial charge on any atom is -0.449 e. The molecular weight excluding hydrogens is 350 g/mol. The van der Waals surface area contributed by atoms with Crippen LogP contribution in [0, 0.1) is 0 Å². The summed E-state index contributed by atoms with van der Waals surface area (Å²) in [5, 5.41) is 13.2. The molecule has 0 bridgehead atoms. The van der Waals surface area contributed by atoms with Crippen LogP contribution in [0.25, 0.3) is 5.69 Å². The van der Waals surface area contributed by atoms with Crippen molar-refractivity contribution in [3.63, 3.8) is 0 Å². The molecule has 0 spiro atoms. The van der Waals surface area contributed by atoms with Crippen molar-refractivity contribution in [2.45, 2.75) is 50.6 Å². The minimum atomic E-state index is 0.407. The summed E-state index contributed by atoms with van der Waals surface area (Å²) in [5.41, 5.74) is 2.33. The number of hydrogen-bond acceptors (Lipinski definition) is 5. The van der Waals surface area contributed by atoms with E-state index in [0.717, 1.165) is 60.5 Å². The smallest absolute Gasteiger partial charge is 0.197 e. The lowest BCUT2D eigenvalue weighted by Crippen LogP contribution is -2.17. The van der Waals surface area contributed by atoms with Gasteiger partial charge in [0, 0.05) is 23.4 Å². The molecule has 1 N–H and O–H groups in total. The molecule has 26 heavy (non-hydrogen) atoms. The highest BCUT2D eigenvalue weighted by Gasteiger charge is 2.31. The highest BCUT2D eigenvalue weighted by Crippen LogP contribution is 2.40. The summed E-state index contributed by atoms with van der Waals surface area (Å²) in [5.74, 6) is 3.73. The van der Waals surface area contributed by atoms with Gasteiger partial charge in [0.15, 0.2) is 11.7 Å². The van der Waals surface area contributed by atoms with Crippen LogP contribution in [0.1, 0.15) is 60.6 Å². The third-order valence-electron chi connectivity index (χ3n) is 5.53. The van der Waals surface area contributed by atoms with Gasteiger partial charge in [-0.15, -0.1) is 10.2 Å². The van der Waals surface area contributed by atoms with Crippen LogP contribution in [-0.4, -0.2) is 19.7 Å². The minimum absolute atomic E-state index is 0.407. The van der Waals surface area contributed by atoms with E-state index in [1.165, 1.54) is 5.56 Å². The zero-order valence-electron chi connectivity index (χ0n) is 14.4. The van der Waals surface area contributed by atoms with E-state index in [4.69, 9.17) is 16.0 Å². The molecule has 1 saturated carbocycles. The zero-order valence-corrected chi connectivity index (χ0v) is 15.1. The van der Waals surface area contributed by atoms with E-state index >= 15 is 0 Å². The fourth-order valence-corrected chi connectivity index (χ4v) is 4.42. The molecule has 7 heteroatoms. The Morgan fingerprint density at radius 2 is 1.92 bits per heavy atom. The van der Waals surface area contributed by atoms with Crippen molar-refractivity contribution in [3.05, 3.63) is 58.8 Å². The predicted molar refractivity (Wildman–Crippen MR) is 97.4 cm³/mol. The maximum absolute atomic E-state index is 6.20. The van der Waals surface area contributed by atoms with Crippen molar-refractivity contribution in [1.82, 2.24) is 25.1 Å². The Hall–Kier alpha value is -2.18. The molecule has 0 unspecified atom stereocenters. The van der Waals surface area contributed by atoms with Crippen LogP contribution in [0.2, 0.25) is 5.02 Å². The molecule has 2 aromatic heterocycles. The third-order valence-corrected chi connectivity index (χ3v) is 5.76. The summed E-state index contributed by atoms with van der Waals surface area (Å²) in [7, 11) is 0. The van der Waals surface area contributed by atoms with Crippen LogP contribution in [0.4, 0.5) is 0 Å². The summed E-state index contributed by atoms with van der Waals surface area (Å²) in [6.45, 7) is 1.50. The number of oxazole rings is 1. The first kappa shape index (κ1) is 16.0. The Balaban J connectivity index is 1.46. The van der Waals surface area contributed by atoms with Gasteiger partial charge in [-0.25, -0.2) is 4.98 Å². The summed E-state index contributed by atoms with van der Waals surface area (Å²) in [4.78, 5) is 4.33. The molecule has 6 nitrogen and oxygen atoms in total. The largest absolute Gasteiger partial charge is 0.449 e. The number of rotatable bonds is 2. The van der Waals surface area contributed by atoms with E-state index in [9.17, 15) is 0 Å². The van der Waals surface area contributed by atoms with Crippen molar-refractivity contribution in [3.8, 4) is 5.69 Å². The van der Waals surface area contributed by atoms with E-state index in [1.807, 2.05) is 12.1 Å². The normalized spacial score (nSPS) is 22.5. The highest BCUT2D eigenvalue weighted by molar-refractivity contribution is 6.30. The summed E-state index contributed by atoms with van der Waals surface area (Å²) in [6.07, 6.45) is 7.67. The molecular formula is C19H20ClN5O. The molecule has 0 atom stereocenters. The number of aromatic nitrogens is 4. The van der Waals surface area contributed by atoms with Crippen LogP contribution in [0.5, 0.6) is 0 Å². The predicted octanol–water partition coefficient (Wildman–Crippen LogP) is 3.95. The molecule has 0 amide bonds. The van der Waals surface area contributed by atoms with Gasteiger partial charge in [0.2, 0.25) is 0 Å². The van der Waals surface area contributed by atoms with Crippen LogP contribution in [-0.2, 0) is 13.1 Å². The van der Waals surface area contributed by atoms with Gasteiger partial charge in [-0.1, -0.05) is 11.6 Å². The van der Waals surface area contributed by atoms with Gasteiger partial charge < -0.3 is 9.73 Å². The van der Waals surface area contributed by atoms with Gasteiger partial charge in [0.25, 0.3) is 0 Å². The Morgan fingerprint density at radius 3 is 2.73 bits per heavy atom. The maximum atomic E-state index is 6.20. The Bertz CT molecular complexity index is 912. The van der Waals surface area contributed by atoms with Gasteiger partial charge in [-0.3, -0.25) is 4.57 Å². The maximum Gasteiger partial charge on any atom is 0.197 e. The topological polar surface area (TPSA) is 68.8 Å². The molecule has 3 heterocycles. The second-order valence-electron chi connectivity index (χ2n) is 7.11. The average Bonchev–Trinajstić information content (AvgIpc) is 3.30. The number of fused-ring (bicyclic) bond motifs is 3. The zero-order chi connectivity index (χ0) is 17.5. The third kappa shape index (κ3) is 2.73. The lowest BCUT2D eigenvalue weighted by Gasteiger charge is -2.26.